The highest BCUT2D eigenvalue weighted by molar-refractivity contribution is 5.92. The van der Waals surface area contributed by atoms with Crippen molar-refractivity contribution in [3.63, 3.8) is 0 Å². The molecule has 0 aliphatic carbocycles. The van der Waals surface area contributed by atoms with E-state index < -0.39 is 24.6 Å². The van der Waals surface area contributed by atoms with Crippen LogP contribution >= 0.6 is 0 Å². The molecule has 0 bridgehead atoms. The van der Waals surface area contributed by atoms with Crippen LogP contribution in [0.1, 0.15) is 40.4 Å². The quantitative estimate of drug-likeness (QED) is 0.837. The van der Waals surface area contributed by atoms with Crippen LogP contribution in [0, 0.1) is 11.3 Å². The molecule has 1 aromatic carbocycles. The van der Waals surface area contributed by atoms with Crippen LogP contribution in [-0.4, -0.2) is 17.7 Å². The highest BCUT2D eigenvalue weighted by Gasteiger charge is 2.24. The van der Waals surface area contributed by atoms with Gasteiger partial charge in [0.15, 0.2) is 0 Å². The third-order valence-electron chi connectivity index (χ3n) is 2.35. The molecule has 0 fully saturated rings. The molecule has 0 radical (unpaired) electrons. The van der Waals surface area contributed by atoms with Crippen LogP contribution in [-0.2, 0) is 11.3 Å². The predicted octanol–water partition coefficient (Wildman–Crippen LogP) is 2.16. The minimum Gasteiger partial charge on any atom is -0.462 e. The molecule has 18 heavy (non-hydrogen) atoms. The Hall–Kier alpha value is -2.00. The van der Waals surface area contributed by atoms with E-state index >= 15 is 0 Å². The normalized spacial score (nSPS) is 10.2. The Morgan fingerprint density at radius 1 is 1.56 bits per heavy atom. The van der Waals surface area contributed by atoms with Gasteiger partial charge in [-0.2, -0.15) is 5.26 Å². The van der Waals surface area contributed by atoms with Crippen molar-refractivity contribution in [2.75, 3.05) is 6.61 Å². The second kappa shape index (κ2) is 6.07. The van der Waals surface area contributed by atoms with E-state index in [1.54, 1.807) is 13.0 Å². The number of rotatable bonds is 4. The first kappa shape index (κ1) is 14.1. The number of halogens is 2. The van der Waals surface area contributed by atoms with Gasteiger partial charge in [-0.1, -0.05) is 0 Å². The van der Waals surface area contributed by atoms with Crippen LogP contribution in [0.2, 0.25) is 0 Å². The summed E-state index contributed by atoms with van der Waals surface area (Å²) in [6.07, 6.45) is -2.97. The van der Waals surface area contributed by atoms with E-state index in [1.165, 1.54) is 6.07 Å². The molecule has 1 rings (SSSR count). The lowest BCUT2D eigenvalue weighted by molar-refractivity contribution is 0.0514. The first-order chi connectivity index (χ1) is 8.56. The van der Waals surface area contributed by atoms with Gasteiger partial charge in [-0.25, -0.2) is 13.6 Å². The van der Waals surface area contributed by atoms with Gasteiger partial charge in [0.2, 0.25) is 0 Å². The summed E-state index contributed by atoms with van der Waals surface area (Å²) in [4.78, 5) is 11.5. The number of alkyl halides is 2. The molecule has 1 N–H and O–H groups in total. The summed E-state index contributed by atoms with van der Waals surface area (Å²) in [5.74, 6) is -0.896. The maximum Gasteiger partial charge on any atom is 0.338 e. The Bertz CT molecular complexity index is 495. The highest BCUT2D eigenvalue weighted by Crippen LogP contribution is 2.29. The topological polar surface area (TPSA) is 70.3 Å². The van der Waals surface area contributed by atoms with Gasteiger partial charge in [0, 0.05) is 11.1 Å². The van der Waals surface area contributed by atoms with Crippen molar-refractivity contribution < 1.29 is 23.4 Å². The zero-order valence-electron chi connectivity index (χ0n) is 9.61. The van der Waals surface area contributed by atoms with Gasteiger partial charge in [0.05, 0.1) is 30.4 Å². The average Bonchev–Trinajstić information content (AvgIpc) is 2.36. The molecule has 0 unspecified atom stereocenters. The fourth-order valence-corrected chi connectivity index (χ4v) is 1.58. The van der Waals surface area contributed by atoms with Crippen molar-refractivity contribution in [2.24, 2.45) is 0 Å². The number of aliphatic hydroxyl groups excluding tert-OH is 1. The van der Waals surface area contributed by atoms with E-state index in [4.69, 9.17) is 10.4 Å². The molecule has 0 amide bonds. The summed E-state index contributed by atoms with van der Waals surface area (Å²) in [5.41, 5.74) is -1.29. The Morgan fingerprint density at radius 3 is 2.67 bits per heavy atom. The zero-order chi connectivity index (χ0) is 13.7. The molecular weight excluding hydrogens is 244 g/mol. The average molecular weight is 255 g/mol. The van der Waals surface area contributed by atoms with E-state index in [9.17, 15) is 13.6 Å². The van der Waals surface area contributed by atoms with Crippen molar-refractivity contribution in [1.82, 2.24) is 0 Å². The van der Waals surface area contributed by atoms with E-state index in [0.29, 0.717) is 0 Å². The number of esters is 1. The van der Waals surface area contributed by atoms with Gasteiger partial charge in [-0.05, 0) is 19.1 Å². The maximum atomic E-state index is 13.0. The number of benzene rings is 1. The smallest absolute Gasteiger partial charge is 0.338 e. The molecule has 0 heterocycles. The zero-order valence-corrected chi connectivity index (χ0v) is 9.61. The number of hydrogen-bond acceptors (Lipinski definition) is 4. The molecule has 0 aliphatic rings. The number of ether oxygens (including phenoxy) is 1. The monoisotopic (exact) mass is 255 g/mol. The minimum atomic E-state index is -2.97. The van der Waals surface area contributed by atoms with Gasteiger partial charge >= 0.3 is 5.97 Å². The van der Waals surface area contributed by atoms with E-state index in [1.807, 2.05) is 0 Å². The third kappa shape index (κ3) is 2.63. The van der Waals surface area contributed by atoms with Crippen molar-refractivity contribution in [1.29, 1.82) is 5.26 Å². The number of carbonyl (C=O) groups excluding carboxylic acids is 1. The van der Waals surface area contributed by atoms with Gasteiger partial charge < -0.3 is 9.84 Å². The summed E-state index contributed by atoms with van der Waals surface area (Å²) in [7, 11) is 0. The third-order valence-corrected chi connectivity index (χ3v) is 2.35. The maximum absolute atomic E-state index is 13.0. The lowest BCUT2D eigenvalue weighted by atomic mass is 9.97. The van der Waals surface area contributed by atoms with Crippen LogP contribution < -0.4 is 0 Å². The molecule has 0 saturated heterocycles. The molecule has 0 spiro atoms. The Morgan fingerprint density at radius 2 is 2.22 bits per heavy atom. The van der Waals surface area contributed by atoms with Crippen molar-refractivity contribution in [2.45, 2.75) is 20.0 Å². The van der Waals surface area contributed by atoms with E-state index in [2.05, 4.69) is 4.74 Å². The molecule has 0 aliphatic heterocycles. The van der Waals surface area contributed by atoms with Crippen molar-refractivity contribution >= 4 is 5.97 Å². The number of hydrogen-bond donors (Lipinski definition) is 1. The van der Waals surface area contributed by atoms with Crippen LogP contribution in [0.15, 0.2) is 12.1 Å². The molecule has 0 atom stereocenters. The van der Waals surface area contributed by atoms with E-state index in [-0.39, 0.29) is 23.3 Å². The van der Waals surface area contributed by atoms with Crippen LogP contribution in [0.4, 0.5) is 8.78 Å². The fourth-order valence-electron chi connectivity index (χ4n) is 1.58. The minimum absolute atomic E-state index is 0.0516. The second-order valence-electron chi connectivity index (χ2n) is 3.34. The van der Waals surface area contributed by atoms with Crippen LogP contribution in [0.3, 0.4) is 0 Å². The predicted molar refractivity (Wildman–Crippen MR) is 58.0 cm³/mol. The SMILES string of the molecule is CCOC(=O)c1ccc(C#N)c(CO)c1C(F)F. The largest absolute Gasteiger partial charge is 0.462 e. The number of nitriles is 1. The molecule has 0 aromatic heterocycles. The molecule has 0 saturated carbocycles. The number of carbonyl (C=O) groups is 1. The summed E-state index contributed by atoms with van der Waals surface area (Å²) < 4.78 is 30.6. The summed E-state index contributed by atoms with van der Waals surface area (Å²) >= 11 is 0. The first-order valence-corrected chi connectivity index (χ1v) is 5.18. The summed E-state index contributed by atoms with van der Waals surface area (Å²) in [6.45, 7) is 0.863. The molecule has 6 heteroatoms. The summed E-state index contributed by atoms with van der Waals surface area (Å²) in [5, 5.41) is 17.8. The second-order valence-corrected chi connectivity index (χ2v) is 3.34. The van der Waals surface area contributed by atoms with E-state index in [0.717, 1.165) is 6.07 Å². The molecule has 4 nitrogen and oxygen atoms in total. The Kier molecular flexibility index (Phi) is 4.75. The lowest BCUT2D eigenvalue weighted by Gasteiger charge is -2.13. The number of aliphatic hydroxyl groups is 1. The molecule has 96 valence electrons. The molecular formula is C12H11F2NO3. The van der Waals surface area contributed by atoms with Crippen molar-refractivity contribution in [3.8, 4) is 6.07 Å². The molecule has 1 aromatic rings. The van der Waals surface area contributed by atoms with Crippen molar-refractivity contribution in [3.05, 3.63) is 34.4 Å². The van der Waals surface area contributed by atoms with Gasteiger partial charge in [0.1, 0.15) is 0 Å². The summed E-state index contributed by atoms with van der Waals surface area (Å²) in [6, 6.07) is 4.01. The lowest BCUT2D eigenvalue weighted by Crippen LogP contribution is -2.12. The first-order valence-electron chi connectivity index (χ1n) is 5.18. The Labute approximate surface area is 102 Å². The Balaban J connectivity index is 3.45. The van der Waals surface area contributed by atoms with Gasteiger partial charge in [-0.15, -0.1) is 0 Å². The van der Waals surface area contributed by atoms with Gasteiger partial charge in [0.25, 0.3) is 6.43 Å². The fraction of sp³-hybridized carbons (Fsp3) is 0.333. The van der Waals surface area contributed by atoms with Gasteiger partial charge in [-0.3, -0.25) is 0 Å². The number of nitrogens with zero attached hydrogens (tertiary/aromatic N) is 1. The standard InChI is InChI=1S/C12H11F2NO3/c1-2-18-12(17)8-4-3-7(5-15)9(6-16)10(8)11(13)14/h3-4,11,16H,2,6H2,1H3. The van der Waals surface area contributed by atoms with Crippen LogP contribution in [0.25, 0.3) is 0 Å². The highest BCUT2D eigenvalue weighted by atomic mass is 19.3. The van der Waals surface area contributed by atoms with Crippen LogP contribution in [0.5, 0.6) is 0 Å².